The van der Waals surface area contributed by atoms with Crippen LogP contribution in [0.15, 0.2) is 30.6 Å². The van der Waals surface area contributed by atoms with Gasteiger partial charge >= 0.3 is 0 Å². The summed E-state index contributed by atoms with van der Waals surface area (Å²) < 4.78 is 5.36. The number of ether oxygens (including phenoxy) is 1. The highest BCUT2D eigenvalue weighted by Gasteiger charge is 2.03. The van der Waals surface area contributed by atoms with Gasteiger partial charge < -0.3 is 20.1 Å². The first kappa shape index (κ1) is 14.4. The zero-order valence-electron chi connectivity index (χ0n) is 11.7. The average molecular weight is 275 g/mol. The lowest BCUT2D eigenvalue weighted by Crippen LogP contribution is -2.15. The summed E-state index contributed by atoms with van der Waals surface area (Å²) in [7, 11) is 0. The minimum atomic E-state index is 0.188. The lowest BCUT2D eigenvalue weighted by Gasteiger charge is -2.09. The van der Waals surface area contributed by atoms with Crippen LogP contribution in [0.1, 0.15) is 24.7 Å². The molecule has 0 aliphatic rings. The molecule has 1 aromatic carbocycles. The summed E-state index contributed by atoms with van der Waals surface area (Å²) in [5.41, 5.74) is 1.10. The summed E-state index contributed by atoms with van der Waals surface area (Å²) in [4.78, 5) is 7.28. The van der Waals surface area contributed by atoms with Crippen molar-refractivity contribution in [2.75, 3.05) is 13.2 Å². The number of aromatic amines is 1. The van der Waals surface area contributed by atoms with Crippen LogP contribution in [-0.4, -0.2) is 28.2 Å². The highest BCUT2D eigenvalue weighted by Crippen LogP contribution is 2.26. The van der Waals surface area contributed by atoms with Gasteiger partial charge in [0, 0.05) is 25.4 Å². The van der Waals surface area contributed by atoms with Gasteiger partial charge in [-0.25, -0.2) is 4.98 Å². The molecule has 0 bridgehead atoms. The molecular weight excluding hydrogens is 254 g/mol. The van der Waals surface area contributed by atoms with Gasteiger partial charge in [-0.1, -0.05) is 6.07 Å². The van der Waals surface area contributed by atoms with Crippen molar-refractivity contribution in [3.8, 4) is 11.5 Å². The number of hydrogen-bond donors (Lipinski definition) is 3. The number of aromatic nitrogens is 2. The molecule has 0 aliphatic carbocycles. The number of imidazole rings is 1. The fraction of sp³-hybridized carbons (Fsp3) is 0.400. The topological polar surface area (TPSA) is 70.2 Å². The molecule has 0 spiro atoms. The Hall–Kier alpha value is -2.01. The molecule has 1 aromatic heterocycles. The zero-order chi connectivity index (χ0) is 14.2. The maximum atomic E-state index is 9.63. The molecule has 0 aliphatic heterocycles. The number of aromatic hydroxyl groups is 1. The quantitative estimate of drug-likeness (QED) is 0.646. The Balaban J connectivity index is 1.72. The molecule has 5 nitrogen and oxygen atoms in total. The number of H-pyrrole nitrogens is 1. The first-order chi connectivity index (χ1) is 9.79. The van der Waals surface area contributed by atoms with Gasteiger partial charge in [0.25, 0.3) is 0 Å². The number of phenolic OH excluding ortho intramolecular Hbond substituents is 1. The number of nitrogens with one attached hydrogen (secondary N) is 2. The van der Waals surface area contributed by atoms with Gasteiger partial charge in [0.2, 0.25) is 0 Å². The molecule has 5 heteroatoms. The Bertz CT molecular complexity index is 512. The summed E-state index contributed by atoms with van der Waals surface area (Å²) in [6, 6.07) is 5.45. The number of rotatable bonds is 8. The minimum absolute atomic E-state index is 0.188. The average Bonchev–Trinajstić information content (AvgIpc) is 2.95. The molecule has 0 amide bonds. The van der Waals surface area contributed by atoms with Crippen LogP contribution >= 0.6 is 0 Å². The second-order valence-electron chi connectivity index (χ2n) is 4.55. The number of benzene rings is 1. The van der Waals surface area contributed by atoms with Crippen LogP contribution in [0.4, 0.5) is 0 Å². The molecule has 1 heterocycles. The number of phenols is 1. The Morgan fingerprint density at radius 3 is 3.05 bits per heavy atom. The van der Waals surface area contributed by atoms with Gasteiger partial charge in [0.1, 0.15) is 5.82 Å². The molecule has 3 N–H and O–H groups in total. The Morgan fingerprint density at radius 2 is 2.30 bits per heavy atom. The SMILES string of the molecule is CCOc1cc(CNCCCc2ncc[nH]2)ccc1O. The number of aryl methyl sites for hydroxylation is 1. The van der Waals surface area contributed by atoms with E-state index in [1.165, 1.54) is 0 Å². The van der Waals surface area contributed by atoms with Crippen LogP contribution < -0.4 is 10.1 Å². The molecule has 20 heavy (non-hydrogen) atoms. The van der Waals surface area contributed by atoms with E-state index < -0.39 is 0 Å². The Labute approximate surface area is 119 Å². The second-order valence-corrected chi connectivity index (χ2v) is 4.55. The van der Waals surface area contributed by atoms with Crippen LogP contribution in [-0.2, 0) is 13.0 Å². The van der Waals surface area contributed by atoms with Crippen molar-refractivity contribution in [1.29, 1.82) is 0 Å². The first-order valence-corrected chi connectivity index (χ1v) is 6.93. The largest absolute Gasteiger partial charge is 0.504 e. The first-order valence-electron chi connectivity index (χ1n) is 6.93. The van der Waals surface area contributed by atoms with Crippen LogP contribution in [0.5, 0.6) is 11.5 Å². The molecule has 108 valence electrons. The number of nitrogens with zero attached hydrogens (tertiary/aromatic N) is 1. The van der Waals surface area contributed by atoms with E-state index in [4.69, 9.17) is 4.74 Å². The Morgan fingerprint density at radius 1 is 1.40 bits per heavy atom. The second kappa shape index (κ2) is 7.55. The summed E-state index contributed by atoms with van der Waals surface area (Å²) in [5, 5.41) is 13.0. The molecule has 0 atom stereocenters. The predicted molar refractivity (Wildman–Crippen MR) is 77.9 cm³/mol. The zero-order valence-corrected chi connectivity index (χ0v) is 11.7. The van der Waals surface area contributed by atoms with E-state index in [1.54, 1.807) is 12.3 Å². The summed E-state index contributed by atoms with van der Waals surface area (Å²) in [6.07, 6.45) is 5.59. The third-order valence-electron chi connectivity index (χ3n) is 2.98. The van der Waals surface area contributed by atoms with Gasteiger partial charge in [-0.3, -0.25) is 0 Å². The minimum Gasteiger partial charge on any atom is -0.504 e. The lowest BCUT2D eigenvalue weighted by molar-refractivity contribution is 0.317. The van der Waals surface area contributed by atoms with Crippen molar-refractivity contribution in [1.82, 2.24) is 15.3 Å². The fourth-order valence-electron chi connectivity index (χ4n) is 1.99. The third kappa shape index (κ3) is 4.28. The highest BCUT2D eigenvalue weighted by molar-refractivity contribution is 5.41. The van der Waals surface area contributed by atoms with E-state index in [1.807, 2.05) is 25.3 Å². The van der Waals surface area contributed by atoms with Crippen molar-refractivity contribution in [3.05, 3.63) is 42.0 Å². The standard InChI is InChI=1S/C15H21N3O2/c1-2-20-14-10-12(5-6-13(14)19)11-16-7-3-4-15-17-8-9-18-15/h5-6,8-10,16,19H,2-4,7,11H2,1H3,(H,17,18). The molecule has 2 aromatic rings. The van der Waals surface area contributed by atoms with Gasteiger partial charge in [-0.05, 0) is 37.6 Å². The van der Waals surface area contributed by atoms with Gasteiger partial charge in [-0.2, -0.15) is 0 Å². The van der Waals surface area contributed by atoms with E-state index >= 15 is 0 Å². The Kier molecular flexibility index (Phi) is 5.43. The maximum absolute atomic E-state index is 9.63. The fourth-order valence-corrected chi connectivity index (χ4v) is 1.99. The van der Waals surface area contributed by atoms with E-state index in [2.05, 4.69) is 15.3 Å². The normalized spacial score (nSPS) is 10.7. The lowest BCUT2D eigenvalue weighted by atomic mass is 10.2. The molecular formula is C15H21N3O2. The van der Waals surface area contributed by atoms with Gasteiger partial charge in [-0.15, -0.1) is 0 Å². The molecule has 0 radical (unpaired) electrons. The molecule has 0 unspecified atom stereocenters. The highest BCUT2D eigenvalue weighted by atomic mass is 16.5. The van der Waals surface area contributed by atoms with Crippen LogP contribution in [0.3, 0.4) is 0 Å². The monoisotopic (exact) mass is 275 g/mol. The van der Waals surface area contributed by atoms with E-state index in [9.17, 15) is 5.11 Å². The smallest absolute Gasteiger partial charge is 0.161 e. The van der Waals surface area contributed by atoms with Crippen molar-refractivity contribution < 1.29 is 9.84 Å². The molecule has 0 saturated heterocycles. The van der Waals surface area contributed by atoms with E-state index in [0.29, 0.717) is 12.4 Å². The molecule has 0 saturated carbocycles. The van der Waals surface area contributed by atoms with E-state index in [0.717, 1.165) is 37.3 Å². The van der Waals surface area contributed by atoms with Crippen molar-refractivity contribution in [2.45, 2.75) is 26.3 Å². The molecule has 2 rings (SSSR count). The van der Waals surface area contributed by atoms with Crippen molar-refractivity contribution >= 4 is 0 Å². The van der Waals surface area contributed by atoms with Gasteiger partial charge in [0.15, 0.2) is 11.5 Å². The van der Waals surface area contributed by atoms with Crippen molar-refractivity contribution in [3.63, 3.8) is 0 Å². The van der Waals surface area contributed by atoms with Crippen LogP contribution in [0, 0.1) is 0 Å². The van der Waals surface area contributed by atoms with Crippen LogP contribution in [0.2, 0.25) is 0 Å². The predicted octanol–water partition coefficient (Wildman–Crippen LogP) is 2.24. The number of hydrogen-bond acceptors (Lipinski definition) is 4. The summed E-state index contributed by atoms with van der Waals surface area (Å²) in [5.74, 6) is 1.76. The summed E-state index contributed by atoms with van der Waals surface area (Å²) >= 11 is 0. The van der Waals surface area contributed by atoms with Gasteiger partial charge in [0.05, 0.1) is 6.61 Å². The third-order valence-corrected chi connectivity index (χ3v) is 2.98. The van der Waals surface area contributed by atoms with E-state index in [-0.39, 0.29) is 5.75 Å². The van der Waals surface area contributed by atoms with Crippen LogP contribution in [0.25, 0.3) is 0 Å². The molecule has 0 fully saturated rings. The van der Waals surface area contributed by atoms with Crippen molar-refractivity contribution in [2.24, 2.45) is 0 Å². The maximum Gasteiger partial charge on any atom is 0.161 e. The summed E-state index contributed by atoms with van der Waals surface area (Å²) in [6.45, 7) is 4.14.